The number of piperidine rings is 1. The van der Waals surface area contributed by atoms with Crippen molar-refractivity contribution < 1.29 is 4.79 Å². The van der Waals surface area contributed by atoms with Crippen molar-refractivity contribution in [3.05, 3.63) is 58.9 Å². The summed E-state index contributed by atoms with van der Waals surface area (Å²) in [6, 6.07) is 13.6. The number of hydrogen-bond acceptors (Lipinski definition) is 4. The average molecular weight is 491 g/mol. The van der Waals surface area contributed by atoms with Gasteiger partial charge in [0.25, 0.3) is 0 Å². The molecule has 0 radical (unpaired) electrons. The summed E-state index contributed by atoms with van der Waals surface area (Å²) in [5, 5.41) is 3.62. The molecule has 186 valence electrons. The fourth-order valence-electron chi connectivity index (χ4n) is 5.98. The maximum atomic E-state index is 12.1. The Hall–Kier alpha value is -2.31. The minimum Gasteiger partial charge on any atom is -0.326 e. The van der Waals surface area contributed by atoms with Crippen LogP contribution in [0.2, 0.25) is 0 Å². The van der Waals surface area contributed by atoms with Crippen LogP contribution in [0, 0.1) is 25.7 Å². The van der Waals surface area contributed by atoms with Crippen molar-refractivity contribution in [2.75, 3.05) is 31.2 Å². The number of thioether (sulfide) groups is 1. The van der Waals surface area contributed by atoms with Crippen LogP contribution >= 0.6 is 11.8 Å². The van der Waals surface area contributed by atoms with Gasteiger partial charge in [-0.15, -0.1) is 0 Å². The number of aromatic nitrogens is 2. The summed E-state index contributed by atoms with van der Waals surface area (Å²) in [4.78, 5) is 19.7. The van der Waals surface area contributed by atoms with Crippen LogP contribution in [0.5, 0.6) is 0 Å². The summed E-state index contributed by atoms with van der Waals surface area (Å²) in [7, 11) is 0. The number of carbonyl (C=O) groups is 1. The highest BCUT2D eigenvalue weighted by molar-refractivity contribution is 7.99. The second kappa shape index (κ2) is 9.98. The number of anilines is 1. The van der Waals surface area contributed by atoms with E-state index in [9.17, 15) is 4.79 Å². The fourth-order valence-corrected chi connectivity index (χ4v) is 6.91. The molecular weight excluding hydrogens is 452 g/mol. The number of fused-ring (bicyclic) bond motifs is 2. The number of likely N-dealkylation sites (tertiary alicyclic amines) is 1. The van der Waals surface area contributed by atoms with E-state index >= 15 is 0 Å². The second-order valence-corrected chi connectivity index (χ2v) is 11.9. The number of rotatable bonds is 6. The van der Waals surface area contributed by atoms with Crippen molar-refractivity contribution in [3.8, 4) is 0 Å². The third-order valence-corrected chi connectivity index (χ3v) is 8.86. The highest BCUT2D eigenvalue weighted by Crippen LogP contribution is 2.36. The molecule has 3 atom stereocenters. The molecule has 1 saturated heterocycles. The topological polar surface area (TPSA) is 50.2 Å². The van der Waals surface area contributed by atoms with Crippen molar-refractivity contribution in [3.63, 3.8) is 0 Å². The molecule has 1 aliphatic heterocycles. The van der Waals surface area contributed by atoms with Crippen LogP contribution in [0.4, 0.5) is 5.69 Å². The van der Waals surface area contributed by atoms with Crippen LogP contribution in [-0.4, -0.2) is 51.5 Å². The number of benzene rings is 2. The lowest BCUT2D eigenvalue weighted by atomic mass is 10.00. The summed E-state index contributed by atoms with van der Waals surface area (Å²) in [6.07, 6.45) is 5.67. The highest BCUT2D eigenvalue weighted by atomic mass is 32.2. The Morgan fingerprint density at radius 3 is 2.71 bits per heavy atom. The van der Waals surface area contributed by atoms with Gasteiger partial charge in [0, 0.05) is 42.5 Å². The fraction of sp³-hybridized carbons (Fsp3) is 0.517. The summed E-state index contributed by atoms with van der Waals surface area (Å²) in [5.74, 6) is 1.87. The lowest BCUT2D eigenvalue weighted by Crippen LogP contribution is -2.45. The van der Waals surface area contributed by atoms with E-state index in [4.69, 9.17) is 4.98 Å². The minimum atomic E-state index is -0.00322. The summed E-state index contributed by atoms with van der Waals surface area (Å²) >= 11 is 2.00. The van der Waals surface area contributed by atoms with Gasteiger partial charge in [-0.3, -0.25) is 4.79 Å². The van der Waals surface area contributed by atoms with Gasteiger partial charge >= 0.3 is 0 Å². The predicted octanol–water partition coefficient (Wildman–Crippen LogP) is 5.64. The molecule has 0 bridgehead atoms. The Labute approximate surface area is 213 Å². The first-order chi connectivity index (χ1) is 16.8. The zero-order valence-corrected chi connectivity index (χ0v) is 22.5. The molecule has 5 rings (SSSR count). The SMILES string of the molecule is CS[C@@H]1CN(CC2Cc3ccc(NC(=O)C(C)C)cc3C2)CCC1n1c(C)nc2cc(C)ccc21. The van der Waals surface area contributed by atoms with E-state index in [1.54, 1.807) is 0 Å². The van der Waals surface area contributed by atoms with E-state index in [0.29, 0.717) is 17.2 Å². The molecule has 5 nitrogen and oxygen atoms in total. The van der Waals surface area contributed by atoms with Gasteiger partial charge in [-0.05, 0) is 86.2 Å². The van der Waals surface area contributed by atoms with Crippen LogP contribution in [0.3, 0.4) is 0 Å². The molecule has 0 saturated carbocycles. The molecule has 1 aromatic heterocycles. The number of amides is 1. The van der Waals surface area contributed by atoms with E-state index in [0.717, 1.165) is 55.9 Å². The average Bonchev–Trinajstić information content (AvgIpc) is 3.37. The van der Waals surface area contributed by atoms with Crippen LogP contribution in [0.25, 0.3) is 11.0 Å². The Morgan fingerprint density at radius 1 is 1.14 bits per heavy atom. The van der Waals surface area contributed by atoms with E-state index in [1.165, 1.54) is 22.2 Å². The summed E-state index contributed by atoms with van der Waals surface area (Å²) in [5.41, 5.74) is 7.46. The molecule has 0 spiro atoms. The normalized spacial score (nSPS) is 22.6. The van der Waals surface area contributed by atoms with Gasteiger partial charge in [0.2, 0.25) is 5.91 Å². The van der Waals surface area contributed by atoms with Crippen LogP contribution in [0.15, 0.2) is 36.4 Å². The largest absolute Gasteiger partial charge is 0.326 e. The maximum absolute atomic E-state index is 12.1. The Kier molecular flexibility index (Phi) is 6.95. The molecule has 3 aromatic rings. The van der Waals surface area contributed by atoms with Crippen LogP contribution in [-0.2, 0) is 17.6 Å². The lowest BCUT2D eigenvalue weighted by Gasteiger charge is -2.40. The van der Waals surface area contributed by atoms with Gasteiger partial charge in [0.15, 0.2) is 0 Å². The van der Waals surface area contributed by atoms with Gasteiger partial charge in [-0.2, -0.15) is 11.8 Å². The minimum absolute atomic E-state index is 0.00322. The van der Waals surface area contributed by atoms with E-state index in [2.05, 4.69) is 71.3 Å². The van der Waals surface area contributed by atoms with Crippen molar-refractivity contribution in [2.45, 2.75) is 58.2 Å². The first-order valence-corrected chi connectivity index (χ1v) is 14.2. The smallest absolute Gasteiger partial charge is 0.226 e. The zero-order valence-electron chi connectivity index (χ0n) is 21.7. The molecular formula is C29H38N4OS. The van der Waals surface area contributed by atoms with E-state index in [1.807, 2.05) is 25.6 Å². The predicted molar refractivity (Wildman–Crippen MR) is 147 cm³/mol. The number of hydrogen-bond donors (Lipinski definition) is 1. The highest BCUT2D eigenvalue weighted by Gasteiger charge is 2.33. The van der Waals surface area contributed by atoms with Gasteiger partial charge in [-0.25, -0.2) is 4.98 Å². The zero-order chi connectivity index (χ0) is 24.7. The molecule has 2 heterocycles. The summed E-state index contributed by atoms with van der Waals surface area (Å²) < 4.78 is 2.51. The second-order valence-electron chi connectivity index (χ2n) is 10.8. The molecule has 1 N–H and O–H groups in total. The number of imidazole rings is 1. The quantitative estimate of drug-likeness (QED) is 0.486. The van der Waals surface area contributed by atoms with Crippen molar-refractivity contribution in [1.29, 1.82) is 0 Å². The molecule has 2 aliphatic rings. The molecule has 1 aliphatic carbocycles. The third kappa shape index (κ3) is 5.01. The van der Waals surface area contributed by atoms with Crippen molar-refractivity contribution in [2.24, 2.45) is 11.8 Å². The van der Waals surface area contributed by atoms with Crippen LogP contribution < -0.4 is 5.32 Å². The standard InChI is InChI=1S/C29H38N4OS/c1-18(2)29(34)31-24-8-7-22-13-21(14-23(22)15-24)16-32-11-10-27(28(17-32)35-5)33-20(4)30-25-12-19(3)6-9-26(25)33/h6-9,12,15,18,21,27-28H,10-11,13-14,16-17H2,1-5H3,(H,31,34)/t21?,27?,28-/m1/s1. The van der Waals surface area contributed by atoms with Gasteiger partial charge < -0.3 is 14.8 Å². The van der Waals surface area contributed by atoms with Crippen molar-refractivity contribution >= 4 is 34.4 Å². The van der Waals surface area contributed by atoms with Gasteiger partial charge in [0.1, 0.15) is 5.82 Å². The first kappa shape index (κ1) is 24.4. The number of nitrogens with one attached hydrogen (secondary N) is 1. The lowest BCUT2D eigenvalue weighted by molar-refractivity contribution is -0.118. The van der Waals surface area contributed by atoms with Gasteiger partial charge in [0.05, 0.1) is 11.0 Å². The molecule has 1 amide bonds. The molecule has 2 aromatic carbocycles. The Morgan fingerprint density at radius 2 is 1.94 bits per heavy atom. The molecule has 1 fully saturated rings. The van der Waals surface area contributed by atoms with Crippen molar-refractivity contribution in [1.82, 2.24) is 14.5 Å². The number of carbonyl (C=O) groups excluding carboxylic acids is 1. The Bertz CT molecular complexity index is 1230. The first-order valence-electron chi connectivity index (χ1n) is 13.0. The molecule has 6 heteroatoms. The third-order valence-electron chi connectivity index (χ3n) is 7.80. The van der Waals surface area contributed by atoms with Crippen LogP contribution in [0.1, 0.15) is 48.8 Å². The molecule has 2 unspecified atom stereocenters. The number of nitrogens with zero attached hydrogens (tertiary/aromatic N) is 3. The number of aryl methyl sites for hydroxylation is 2. The van der Waals surface area contributed by atoms with Gasteiger partial charge in [-0.1, -0.05) is 26.0 Å². The monoisotopic (exact) mass is 490 g/mol. The maximum Gasteiger partial charge on any atom is 0.226 e. The molecule has 35 heavy (non-hydrogen) atoms. The summed E-state index contributed by atoms with van der Waals surface area (Å²) in [6.45, 7) is 11.6. The van der Waals surface area contributed by atoms with E-state index < -0.39 is 0 Å². The Balaban J connectivity index is 1.24. The van der Waals surface area contributed by atoms with E-state index in [-0.39, 0.29) is 11.8 Å².